The van der Waals surface area contributed by atoms with Gasteiger partial charge in [0.05, 0.1) is 23.6 Å². The van der Waals surface area contributed by atoms with Crippen LogP contribution in [-0.2, 0) is 20.7 Å². The van der Waals surface area contributed by atoms with E-state index in [1.54, 1.807) is 7.11 Å². The summed E-state index contributed by atoms with van der Waals surface area (Å²) < 4.78 is 16.5. The number of carbonyl (C=O) groups excluding carboxylic acids is 1. The van der Waals surface area contributed by atoms with Crippen molar-refractivity contribution < 1.29 is 28.9 Å². The molecule has 1 saturated heterocycles. The van der Waals surface area contributed by atoms with E-state index in [0.29, 0.717) is 42.7 Å². The van der Waals surface area contributed by atoms with Gasteiger partial charge in [0.15, 0.2) is 0 Å². The summed E-state index contributed by atoms with van der Waals surface area (Å²) in [7, 11) is 1.65. The van der Waals surface area contributed by atoms with Gasteiger partial charge in [-0.05, 0) is 54.7 Å². The Morgan fingerprint density at radius 2 is 2.00 bits per heavy atom. The Balaban J connectivity index is 2.12. The third-order valence-electron chi connectivity index (χ3n) is 6.36. The first-order valence-electron chi connectivity index (χ1n) is 11.7. The third kappa shape index (κ3) is 8.38. The molecule has 186 valence electrons. The minimum atomic E-state index is -1.11. The minimum Gasteiger partial charge on any atom is -0.492 e. The second-order valence-electron chi connectivity index (χ2n) is 9.52. The number of amides is 1. The number of rotatable bonds is 13. The van der Waals surface area contributed by atoms with Gasteiger partial charge in [0.1, 0.15) is 11.9 Å². The van der Waals surface area contributed by atoms with E-state index in [9.17, 15) is 14.7 Å². The Hall–Kier alpha value is -1.99. The first kappa shape index (κ1) is 27.3. The molecule has 1 fully saturated rings. The van der Waals surface area contributed by atoms with Gasteiger partial charge < -0.3 is 24.6 Å². The summed E-state index contributed by atoms with van der Waals surface area (Å²) in [6, 6.07) is 5.30. The number of methoxy groups -OCH3 is 1. The largest absolute Gasteiger partial charge is 0.492 e. The molecule has 0 aromatic heterocycles. The normalized spacial score (nSPS) is 20.1. The van der Waals surface area contributed by atoms with E-state index in [0.717, 1.165) is 18.4 Å². The zero-order valence-corrected chi connectivity index (χ0v) is 21.1. The van der Waals surface area contributed by atoms with Crippen LogP contribution in [0.2, 0.25) is 5.02 Å². The number of halogens is 1. The van der Waals surface area contributed by atoms with E-state index in [1.807, 2.05) is 32.0 Å². The lowest BCUT2D eigenvalue weighted by atomic mass is 9.81. The maximum Gasteiger partial charge on any atom is 0.405 e. The quantitative estimate of drug-likeness (QED) is 0.296. The zero-order valence-electron chi connectivity index (χ0n) is 20.3. The number of ether oxygens (including phenoxy) is 3. The van der Waals surface area contributed by atoms with E-state index in [1.165, 1.54) is 0 Å². The first-order valence-corrected chi connectivity index (χ1v) is 12.1. The summed E-state index contributed by atoms with van der Waals surface area (Å²) in [5, 5.41) is 12.6. The van der Waals surface area contributed by atoms with Crippen molar-refractivity contribution in [3.05, 3.63) is 28.8 Å². The molecule has 1 heterocycles. The molecular formula is C25H38ClNO6. The van der Waals surface area contributed by atoms with E-state index in [4.69, 9.17) is 25.8 Å². The Bertz CT molecular complexity index is 784. The molecule has 0 radical (unpaired) electrons. The number of carboxylic acid groups (broad SMARTS) is 1. The molecule has 1 aliphatic heterocycles. The Morgan fingerprint density at radius 3 is 2.58 bits per heavy atom. The van der Waals surface area contributed by atoms with Crippen LogP contribution in [0.25, 0.3) is 0 Å². The van der Waals surface area contributed by atoms with Crippen molar-refractivity contribution in [1.82, 2.24) is 5.32 Å². The lowest BCUT2D eigenvalue weighted by molar-refractivity contribution is -0.146. The van der Waals surface area contributed by atoms with Gasteiger partial charge in [-0.25, -0.2) is 4.79 Å². The van der Waals surface area contributed by atoms with Crippen molar-refractivity contribution in [2.45, 2.75) is 65.5 Å². The monoisotopic (exact) mass is 483 g/mol. The van der Waals surface area contributed by atoms with Crippen LogP contribution in [0.3, 0.4) is 0 Å². The maximum atomic E-state index is 12.3. The molecule has 2 N–H and O–H groups in total. The standard InChI is InChI=1S/C25H38ClNO6/c1-15(2)18(11-17-7-8-20(26)22(12-17)32-10-6-9-31-5)13-21(27-25(29)30)23-14-19(16(3)4)24(28)33-23/h7-8,12,15-16,18-19,21,23,27H,6,9-11,13-14H2,1-5H3,(H,29,30). The van der Waals surface area contributed by atoms with Gasteiger partial charge in [0, 0.05) is 20.1 Å². The van der Waals surface area contributed by atoms with Crippen LogP contribution in [0.5, 0.6) is 5.75 Å². The Kier molecular flexibility index (Phi) is 10.8. The number of hydrogen-bond acceptors (Lipinski definition) is 5. The van der Waals surface area contributed by atoms with Gasteiger partial charge in [-0.1, -0.05) is 45.4 Å². The smallest absolute Gasteiger partial charge is 0.405 e. The number of benzene rings is 1. The first-order chi connectivity index (χ1) is 15.6. The molecule has 2 rings (SSSR count). The van der Waals surface area contributed by atoms with Gasteiger partial charge in [-0.15, -0.1) is 0 Å². The second-order valence-corrected chi connectivity index (χ2v) is 9.93. The van der Waals surface area contributed by atoms with Crippen molar-refractivity contribution in [3.8, 4) is 5.75 Å². The average molecular weight is 484 g/mol. The molecule has 33 heavy (non-hydrogen) atoms. The van der Waals surface area contributed by atoms with Crippen molar-refractivity contribution in [3.63, 3.8) is 0 Å². The molecule has 7 nitrogen and oxygen atoms in total. The number of cyclic esters (lactones) is 1. The minimum absolute atomic E-state index is 0.158. The van der Waals surface area contributed by atoms with E-state index in [-0.39, 0.29) is 23.7 Å². The molecule has 1 aromatic carbocycles. The fraction of sp³-hybridized carbons (Fsp3) is 0.680. The van der Waals surface area contributed by atoms with Gasteiger partial charge in [0.2, 0.25) is 0 Å². The highest BCUT2D eigenvalue weighted by Crippen LogP contribution is 2.34. The van der Waals surface area contributed by atoms with Crippen LogP contribution >= 0.6 is 11.6 Å². The lowest BCUT2D eigenvalue weighted by Gasteiger charge is -2.29. The molecule has 8 heteroatoms. The highest BCUT2D eigenvalue weighted by Gasteiger charge is 2.41. The molecule has 0 aliphatic carbocycles. The van der Waals surface area contributed by atoms with Crippen LogP contribution in [-0.4, -0.2) is 49.6 Å². The van der Waals surface area contributed by atoms with Gasteiger partial charge >= 0.3 is 12.1 Å². The SMILES string of the molecule is COCCCOc1cc(CC(CC(NC(=O)O)C2CC(C(C)C)C(=O)O2)C(C)C)ccc1Cl. The summed E-state index contributed by atoms with van der Waals surface area (Å²) in [5.41, 5.74) is 1.07. The zero-order chi connectivity index (χ0) is 24.5. The fourth-order valence-electron chi connectivity index (χ4n) is 4.28. The molecule has 0 bridgehead atoms. The highest BCUT2D eigenvalue weighted by molar-refractivity contribution is 6.32. The van der Waals surface area contributed by atoms with Crippen LogP contribution in [0.15, 0.2) is 18.2 Å². The molecule has 4 atom stereocenters. The van der Waals surface area contributed by atoms with Crippen LogP contribution < -0.4 is 10.1 Å². The molecule has 4 unspecified atom stereocenters. The summed E-state index contributed by atoms with van der Waals surface area (Å²) in [6.45, 7) is 9.35. The number of esters is 1. The lowest BCUT2D eigenvalue weighted by Crippen LogP contribution is -2.44. The third-order valence-corrected chi connectivity index (χ3v) is 6.67. The van der Waals surface area contributed by atoms with Gasteiger partial charge in [-0.3, -0.25) is 4.79 Å². The summed E-state index contributed by atoms with van der Waals surface area (Å²) >= 11 is 6.31. The van der Waals surface area contributed by atoms with Crippen LogP contribution in [0, 0.1) is 23.7 Å². The van der Waals surface area contributed by atoms with Gasteiger partial charge in [-0.2, -0.15) is 0 Å². The summed E-state index contributed by atoms with van der Waals surface area (Å²) in [4.78, 5) is 23.8. The maximum absolute atomic E-state index is 12.3. The average Bonchev–Trinajstić information content (AvgIpc) is 3.13. The summed E-state index contributed by atoms with van der Waals surface area (Å²) in [5.74, 6) is 0.827. The van der Waals surface area contributed by atoms with Crippen molar-refractivity contribution in [2.24, 2.45) is 23.7 Å². The van der Waals surface area contributed by atoms with Crippen molar-refractivity contribution in [1.29, 1.82) is 0 Å². The topological polar surface area (TPSA) is 94.1 Å². The summed E-state index contributed by atoms with van der Waals surface area (Å²) in [6.07, 6.45) is 1.05. The van der Waals surface area contributed by atoms with Crippen molar-refractivity contribution >= 4 is 23.7 Å². The highest BCUT2D eigenvalue weighted by atomic mass is 35.5. The number of hydrogen-bond donors (Lipinski definition) is 2. The van der Waals surface area contributed by atoms with Crippen molar-refractivity contribution in [2.75, 3.05) is 20.3 Å². The number of nitrogens with one attached hydrogen (secondary N) is 1. The molecule has 1 aromatic rings. The molecule has 0 saturated carbocycles. The second kappa shape index (κ2) is 13.0. The molecule has 0 spiro atoms. The van der Waals surface area contributed by atoms with E-state index >= 15 is 0 Å². The molecule has 1 amide bonds. The molecule has 1 aliphatic rings. The number of carbonyl (C=O) groups is 2. The predicted molar refractivity (Wildman–Crippen MR) is 128 cm³/mol. The van der Waals surface area contributed by atoms with Gasteiger partial charge in [0.25, 0.3) is 0 Å². The fourth-order valence-corrected chi connectivity index (χ4v) is 4.45. The van der Waals surface area contributed by atoms with E-state index in [2.05, 4.69) is 19.2 Å². The Labute approximate surface area is 202 Å². The molecular weight excluding hydrogens is 446 g/mol. The van der Waals surface area contributed by atoms with Crippen LogP contribution in [0.4, 0.5) is 4.79 Å². The van der Waals surface area contributed by atoms with E-state index < -0.39 is 18.2 Å². The predicted octanol–water partition coefficient (Wildman–Crippen LogP) is 5.18. The Morgan fingerprint density at radius 1 is 1.27 bits per heavy atom. The van der Waals surface area contributed by atoms with Crippen LogP contribution in [0.1, 0.15) is 52.5 Å².